The van der Waals surface area contributed by atoms with E-state index in [1.165, 1.54) is 29.7 Å². The van der Waals surface area contributed by atoms with E-state index in [0.717, 1.165) is 68.0 Å². The Bertz CT molecular complexity index is 1010. The zero-order valence-corrected chi connectivity index (χ0v) is 21.2. The van der Waals surface area contributed by atoms with Crippen molar-refractivity contribution in [3.63, 3.8) is 0 Å². The summed E-state index contributed by atoms with van der Waals surface area (Å²) in [5, 5.41) is 1.14. The molecule has 1 aliphatic heterocycles. The lowest BCUT2D eigenvalue weighted by Crippen LogP contribution is -2.55. The smallest absolute Gasteiger partial charge is 0.246 e. The molecule has 2 aromatic heterocycles. The van der Waals surface area contributed by atoms with Crippen LogP contribution in [-0.2, 0) is 20.7 Å². The van der Waals surface area contributed by atoms with Gasteiger partial charge in [0.2, 0.25) is 5.91 Å². The van der Waals surface area contributed by atoms with Crippen LogP contribution in [0.25, 0.3) is 10.2 Å². The van der Waals surface area contributed by atoms with E-state index >= 15 is 0 Å². The number of nitrogens with zero attached hydrogens (tertiary/aromatic N) is 2. The number of aryl methyl sites for hydroxylation is 1. The molecule has 0 unspecified atom stereocenters. The Kier molecular flexibility index (Phi) is 7.12. The van der Waals surface area contributed by atoms with Crippen LogP contribution in [0.2, 0.25) is 0 Å². The van der Waals surface area contributed by atoms with E-state index in [-0.39, 0.29) is 17.6 Å². The Labute approximate surface area is 205 Å². The molecule has 2 atom stereocenters. The lowest BCUT2D eigenvalue weighted by atomic mass is 9.77. The predicted molar refractivity (Wildman–Crippen MR) is 134 cm³/mol. The van der Waals surface area contributed by atoms with E-state index in [0.29, 0.717) is 6.42 Å². The third kappa shape index (κ3) is 4.45. The Balaban J connectivity index is 1.34. The topological polar surface area (TPSA) is 86.9 Å². The van der Waals surface area contributed by atoms with Gasteiger partial charge < -0.3 is 19.9 Å². The maximum atomic E-state index is 11.8. The highest BCUT2D eigenvalue weighted by atomic mass is 32.1. The maximum absolute atomic E-state index is 11.8. The van der Waals surface area contributed by atoms with Crippen LogP contribution in [0.1, 0.15) is 68.2 Å². The average Bonchev–Trinajstić information content (AvgIpc) is 3.43. The molecule has 2 aliphatic carbocycles. The Morgan fingerprint density at radius 1 is 1.32 bits per heavy atom. The fraction of sp³-hybridized carbons (Fsp3) is 0.692. The number of fused-ring (bicyclic) bond motifs is 3. The van der Waals surface area contributed by atoms with Crippen LogP contribution in [-0.4, -0.2) is 67.0 Å². The van der Waals surface area contributed by atoms with E-state index in [9.17, 15) is 4.79 Å². The molecule has 2 aromatic rings. The molecule has 1 amide bonds. The first kappa shape index (κ1) is 24.0. The Morgan fingerprint density at radius 3 is 2.76 bits per heavy atom. The number of morpholine rings is 1. The van der Waals surface area contributed by atoms with Crippen LogP contribution in [0.4, 0.5) is 0 Å². The van der Waals surface area contributed by atoms with Crippen molar-refractivity contribution in [2.75, 3.05) is 33.4 Å². The number of aromatic nitrogens is 1. The molecule has 34 heavy (non-hydrogen) atoms. The van der Waals surface area contributed by atoms with Crippen LogP contribution in [0, 0.1) is 0 Å². The minimum Gasteiger partial charge on any atom is -0.490 e. The molecule has 7 nitrogen and oxygen atoms in total. The second-order valence-electron chi connectivity index (χ2n) is 10.0. The summed E-state index contributed by atoms with van der Waals surface area (Å²) in [6, 6.07) is 2.02. The summed E-state index contributed by atoms with van der Waals surface area (Å²) in [6.45, 7) is 6.11. The van der Waals surface area contributed by atoms with Gasteiger partial charge in [-0.3, -0.25) is 9.69 Å². The van der Waals surface area contributed by atoms with E-state index < -0.39 is 12.0 Å². The van der Waals surface area contributed by atoms with Crippen LogP contribution in [0.5, 0.6) is 5.75 Å². The van der Waals surface area contributed by atoms with Gasteiger partial charge in [-0.2, -0.15) is 0 Å². The molecule has 1 saturated carbocycles. The minimum absolute atomic E-state index is 0.221. The van der Waals surface area contributed by atoms with Crippen LogP contribution >= 0.6 is 11.3 Å². The number of rotatable bonds is 8. The van der Waals surface area contributed by atoms with Gasteiger partial charge in [0.05, 0.1) is 24.7 Å². The van der Waals surface area contributed by atoms with Gasteiger partial charge in [-0.15, -0.1) is 11.3 Å². The molecule has 0 aromatic carbocycles. The molecule has 3 heterocycles. The SMILES string of the molecule is CC[C@]1(N2CCOCC2)CC[C@H](Oc2ccnc3sc4c(c23)[C@@H](C[C@@H](OC)C(N)=O)CC4)CC1. The largest absolute Gasteiger partial charge is 0.490 e. The van der Waals surface area contributed by atoms with Crippen molar-refractivity contribution in [1.29, 1.82) is 0 Å². The quantitative estimate of drug-likeness (QED) is 0.605. The van der Waals surface area contributed by atoms with Crippen molar-refractivity contribution in [1.82, 2.24) is 9.88 Å². The highest BCUT2D eigenvalue weighted by Crippen LogP contribution is 2.49. The van der Waals surface area contributed by atoms with Gasteiger partial charge in [-0.05, 0) is 68.9 Å². The van der Waals surface area contributed by atoms with Gasteiger partial charge in [-0.1, -0.05) is 6.92 Å². The number of carbonyl (C=O) groups excluding carboxylic acids is 1. The van der Waals surface area contributed by atoms with Crippen molar-refractivity contribution in [2.45, 2.75) is 82.0 Å². The fourth-order valence-corrected chi connectivity index (χ4v) is 7.67. The minimum atomic E-state index is -0.562. The fourth-order valence-electron chi connectivity index (χ4n) is 6.41. The molecule has 1 saturated heterocycles. The van der Waals surface area contributed by atoms with Crippen molar-refractivity contribution in [2.24, 2.45) is 5.73 Å². The molecular formula is C26H37N3O4S. The summed E-state index contributed by atoms with van der Waals surface area (Å²) < 4.78 is 17.7. The first-order valence-corrected chi connectivity index (χ1v) is 13.6. The number of carbonyl (C=O) groups is 1. The summed E-state index contributed by atoms with van der Waals surface area (Å²) in [5.41, 5.74) is 7.16. The van der Waals surface area contributed by atoms with Gasteiger partial charge in [-0.25, -0.2) is 4.98 Å². The molecule has 8 heteroatoms. The lowest BCUT2D eigenvalue weighted by molar-refractivity contribution is -0.128. The molecular weight excluding hydrogens is 450 g/mol. The summed E-state index contributed by atoms with van der Waals surface area (Å²) in [5.74, 6) is 0.794. The lowest BCUT2D eigenvalue weighted by Gasteiger charge is -2.49. The van der Waals surface area contributed by atoms with Crippen LogP contribution < -0.4 is 10.5 Å². The second kappa shape index (κ2) is 10.1. The normalized spacial score (nSPS) is 28.6. The van der Waals surface area contributed by atoms with E-state index in [2.05, 4.69) is 16.8 Å². The van der Waals surface area contributed by atoms with Gasteiger partial charge in [0.15, 0.2) is 0 Å². The summed E-state index contributed by atoms with van der Waals surface area (Å²) in [7, 11) is 1.56. The van der Waals surface area contributed by atoms with Crippen molar-refractivity contribution >= 4 is 27.5 Å². The van der Waals surface area contributed by atoms with Crippen molar-refractivity contribution < 1.29 is 19.0 Å². The molecule has 186 valence electrons. The second-order valence-corrected chi connectivity index (χ2v) is 11.1. The van der Waals surface area contributed by atoms with Gasteiger partial charge in [0, 0.05) is 36.8 Å². The van der Waals surface area contributed by atoms with Gasteiger partial charge in [0.1, 0.15) is 16.7 Å². The molecule has 5 rings (SSSR count). The van der Waals surface area contributed by atoms with E-state index in [1.807, 2.05) is 12.3 Å². The predicted octanol–water partition coefficient (Wildman–Crippen LogP) is 4.02. The number of amides is 1. The van der Waals surface area contributed by atoms with Crippen molar-refractivity contribution in [3.8, 4) is 5.75 Å². The number of primary amides is 1. The standard InChI is InChI=1S/C26H37N3O4S/c1-3-26(29-12-14-32-15-13-29)9-6-18(7-10-26)33-19-8-11-28-25-23(19)22-17(4-5-21(22)34-25)16-20(31-2)24(27)30/h8,11,17-18,20H,3-7,9-10,12-16H2,1-2H3,(H2,27,30)/t17-,18-,20-,26-/m1/s1. The summed E-state index contributed by atoms with van der Waals surface area (Å²) in [6.07, 6.45) is 9.82. The van der Waals surface area contributed by atoms with Gasteiger partial charge >= 0.3 is 0 Å². The van der Waals surface area contributed by atoms with Crippen LogP contribution in [0.3, 0.4) is 0 Å². The number of methoxy groups -OCH3 is 1. The van der Waals surface area contributed by atoms with Gasteiger partial charge in [0.25, 0.3) is 0 Å². The summed E-state index contributed by atoms with van der Waals surface area (Å²) >= 11 is 1.76. The third-order valence-electron chi connectivity index (χ3n) is 8.39. The Hall–Kier alpha value is -1.74. The molecule has 3 aliphatic rings. The molecule has 2 fully saturated rings. The molecule has 0 bridgehead atoms. The average molecular weight is 488 g/mol. The highest BCUT2D eigenvalue weighted by molar-refractivity contribution is 7.19. The number of nitrogens with two attached hydrogens (primary N) is 1. The first-order chi connectivity index (χ1) is 16.5. The van der Waals surface area contributed by atoms with E-state index in [4.69, 9.17) is 19.9 Å². The number of ether oxygens (including phenoxy) is 3. The number of hydrogen-bond donors (Lipinski definition) is 1. The van der Waals surface area contributed by atoms with E-state index in [1.54, 1.807) is 18.4 Å². The van der Waals surface area contributed by atoms with Crippen LogP contribution in [0.15, 0.2) is 12.3 Å². The molecule has 0 radical (unpaired) electrons. The zero-order chi connectivity index (χ0) is 23.7. The molecule has 0 spiro atoms. The first-order valence-electron chi connectivity index (χ1n) is 12.8. The number of hydrogen-bond acceptors (Lipinski definition) is 7. The summed E-state index contributed by atoms with van der Waals surface area (Å²) in [4.78, 5) is 21.5. The monoisotopic (exact) mass is 487 g/mol. The number of thiophene rings is 1. The maximum Gasteiger partial charge on any atom is 0.246 e. The molecule has 2 N–H and O–H groups in total. The highest BCUT2D eigenvalue weighted by Gasteiger charge is 2.40. The van der Waals surface area contributed by atoms with Crippen molar-refractivity contribution in [3.05, 3.63) is 22.7 Å². The Morgan fingerprint density at radius 2 is 2.09 bits per heavy atom. The third-order valence-corrected chi connectivity index (χ3v) is 9.57. The number of pyridine rings is 1. The zero-order valence-electron chi connectivity index (χ0n) is 20.4.